The van der Waals surface area contributed by atoms with Gasteiger partial charge in [0.25, 0.3) is 0 Å². The molecular formula is C13H28N2O2. The van der Waals surface area contributed by atoms with Crippen LogP contribution in [0.15, 0.2) is 0 Å². The molecule has 0 aliphatic heterocycles. The van der Waals surface area contributed by atoms with Crippen LogP contribution in [0.1, 0.15) is 34.1 Å². The lowest BCUT2D eigenvalue weighted by molar-refractivity contribution is -0.148. The highest BCUT2D eigenvalue weighted by Crippen LogP contribution is 2.14. The molecule has 0 aromatic carbocycles. The number of carbonyl (C=O) groups is 1. The monoisotopic (exact) mass is 244 g/mol. The molecule has 0 aromatic rings. The fourth-order valence-electron chi connectivity index (χ4n) is 1.99. The minimum atomic E-state index is -0.644. The fourth-order valence-corrected chi connectivity index (χ4v) is 1.99. The van der Waals surface area contributed by atoms with Crippen molar-refractivity contribution in [1.82, 2.24) is 10.2 Å². The molecule has 0 spiro atoms. The first-order chi connectivity index (χ1) is 7.76. The largest absolute Gasteiger partial charge is 0.468 e. The van der Waals surface area contributed by atoms with E-state index in [-0.39, 0.29) is 5.97 Å². The van der Waals surface area contributed by atoms with E-state index in [1.807, 2.05) is 14.0 Å². The van der Waals surface area contributed by atoms with Gasteiger partial charge in [-0.05, 0) is 40.3 Å². The zero-order chi connectivity index (χ0) is 13.6. The molecule has 0 rings (SSSR count). The number of nitrogens with one attached hydrogen (secondary N) is 1. The summed E-state index contributed by atoms with van der Waals surface area (Å²) >= 11 is 0. The lowest BCUT2D eigenvalue weighted by Crippen LogP contribution is -2.56. The van der Waals surface area contributed by atoms with E-state index in [1.54, 1.807) is 7.05 Å². The van der Waals surface area contributed by atoms with Crippen LogP contribution in [0.4, 0.5) is 0 Å². The van der Waals surface area contributed by atoms with Gasteiger partial charge in [0.05, 0.1) is 7.11 Å². The Morgan fingerprint density at radius 2 is 1.94 bits per heavy atom. The maximum absolute atomic E-state index is 11.7. The highest BCUT2D eigenvalue weighted by atomic mass is 16.5. The van der Waals surface area contributed by atoms with Gasteiger partial charge in [0.2, 0.25) is 0 Å². The third-order valence-corrected chi connectivity index (χ3v) is 3.32. The summed E-state index contributed by atoms with van der Waals surface area (Å²) in [5.41, 5.74) is -0.644. The second kappa shape index (κ2) is 6.97. The van der Waals surface area contributed by atoms with Gasteiger partial charge in [-0.15, -0.1) is 0 Å². The Bertz CT molecular complexity index is 244. The highest BCUT2D eigenvalue weighted by Gasteiger charge is 2.34. The topological polar surface area (TPSA) is 41.6 Å². The van der Waals surface area contributed by atoms with Crippen LogP contribution in [0.25, 0.3) is 0 Å². The molecule has 0 fully saturated rings. The molecule has 4 heteroatoms. The van der Waals surface area contributed by atoms with Gasteiger partial charge in [-0.1, -0.05) is 13.8 Å². The van der Waals surface area contributed by atoms with Gasteiger partial charge in [-0.2, -0.15) is 0 Å². The molecule has 17 heavy (non-hydrogen) atoms. The summed E-state index contributed by atoms with van der Waals surface area (Å²) in [6.45, 7) is 9.12. The van der Waals surface area contributed by atoms with E-state index >= 15 is 0 Å². The maximum atomic E-state index is 11.7. The molecule has 1 N–H and O–H groups in total. The molecule has 0 heterocycles. The van der Waals surface area contributed by atoms with E-state index in [4.69, 9.17) is 4.74 Å². The van der Waals surface area contributed by atoms with Gasteiger partial charge < -0.3 is 15.0 Å². The van der Waals surface area contributed by atoms with Crippen LogP contribution in [-0.2, 0) is 9.53 Å². The summed E-state index contributed by atoms with van der Waals surface area (Å²) in [7, 11) is 5.26. The number of esters is 1. The van der Waals surface area contributed by atoms with Gasteiger partial charge in [-0.3, -0.25) is 4.79 Å². The summed E-state index contributed by atoms with van der Waals surface area (Å²) in [6.07, 6.45) is 1.12. The third kappa shape index (κ3) is 5.04. The van der Waals surface area contributed by atoms with Crippen LogP contribution in [0.5, 0.6) is 0 Å². The first-order valence-corrected chi connectivity index (χ1v) is 6.24. The molecule has 0 aliphatic carbocycles. The van der Waals surface area contributed by atoms with Crippen molar-refractivity contribution in [3.63, 3.8) is 0 Å². The van der Waals surface area contributed by atoms with Crippen LogP contribution < -0.4 is 5.32 Å². The Morgan fingerprint density at radius 3 is 2.29 bits per heavy atom. The predicted molar refractivity (Wildman–Crippen MR) is 71.0 cm³/mol. The van der Waals surface area contributed by atoms with E-state index in [1.165, 1.54) is 7.11 Å². The summed E-state index contributed by atoms with van der Waals surface area (Å²) in [4.78, 5) is 13.9. The summed E-state index contributed by atoms with van der Waals surface area (Å²) in [5.74, 6) is 0.440. The Hall–Kier alpha value is -0.610. The number of nitrogens with zero attached hydrogens (tertiary/aromatic N) is 1. The first kappa shape index (κ1) is 16.4. The molecule has 0 aromatic heterocycles. The quantitative estimate of drug-likeness (QED) is 0.689. The number of hydrogen-bond acceptors (Lipinski definition) is 4. The standard InChI is InChI=1S/C13H28N2O2/c1-10(2)8-11(3)15(6)9-13(4,14-5)12(16)17-7/h10-11,14H,8-9H2,1-7H3. The highest BCUT2D eigenvalue weighted by molar-refractivity contribution is 5.80. The molecule has 0 amide bonds. The second-order valence-electron chi connectivity index (χ2n) is 5.47. The average molecular weight is 244 g/mol. The molecule has 2 atom stereocenters. The summed E-state index contributed by atoms with van der Waals surface area (Å²) < 4.78 is 4.84. The molecular weight excluding hydrogens is 216 g/mol. The van der Waals surface area contributed by atoms with Crippen LogP contribution >= 0.6 is 0 Å². The summed E-state index contributed by atoms with van der Waals surface area (Å²) in [6, 6.07) is 0.451. The number of carbonyl (C=O) groups excluding carboxylic acids is 1. The second-order valence-corrected chi connectivity index (χ2v) is 5.47. The molecule has 0 bridgehead atoms. The Balaban J connectivity index is 4.51. The smallest absolute Gasteiger partial charge is 0.327 e. The lowest BCUT2D eigenvalue weighted by atomic mass is 9.99. The van der Waals surface area contributed by atoms with Crippen molar-refractivity contribution in [1.29, 1.82) is 0 Å². The number of likely N-dealkylation sites (N-methyl/N-ethyl adjacent to an activating group) is 2. The molecule has 0 saturated heterocycles. The van der Waals surface area contributed by atoms with E-state index in [0.717, 1.165) is 6.42 Å². The normalized spacial score (nSPS) is 17.0. The minimum absolute atomic E-state index is 0.219. The maximum Gasteiger partial charge on any atom is 0.327 e. The first-order valence-electron chi connectivity index (χ1n) is 6.24. The van der Waals surface area contributed by atoms with Gasteiger partial charge >= 0.3 is 5.97 Å². The van der Waals surface area contributed by atoms with Gasteiger partial charge in [-0.25, -0.2) is 0 Å². The van der Waals surface area contributed by atoms with Crippen molar-refractivity contribution in [2.45, 2.75) is 45.7 Å². The molecule has 0 saturated carbocycles. The molecule has 2 unspecified atom stereocenters. The molecule has 0 radical (unpaired) electrons. The van der Waals surface area contributed by atoms with Crippen LogP contribution in [0.3, 0.4) is 0 Å². The minimum Gasteiger partial charge on any atom is -0.468 e. The number of rotatable bonds is 7. The third-order valence-electron chi connectivity index (χ3n) is 3.32. The fraction of sp³-hybridized carbons (Fsp3) is 0.923. The van der Waals surface area contributed by atoms with Crippen LogP contribution in [0.2, 0.25) is 0 Å². The van der Waals surface area contributed by atoms with Crippen LogP contribution in [0, 0.1) is 5.92 Å². The van der Waals surface area contributed by atoms with E-state index in [2.05, 4.69) is 31.0 Å². The molecule has 102 valence electrons. The molecule has 0 aliphatic rings. The van der Waals surface area contributed by atoms with Crippen molar-refractivity contribution >= 4 is 5.97 Å². The molecule has 4 nitrogen and oxygen atoms in total. The van der Waals surface area contributed by atoms with E-state index in [9.17, 15) is 4.79 Å². The average Bonchev–Trinajstić information content (AvgIpc) is 2.26. The van der Waals surface area contributed by atoms with Crippen molar-refractivity contribution in [3.8, 4) is 0 Å². The van der Waals surface area contributed by atoms with Crippen molar-refractivity contribution in [2.75, 3.05) is 27.7 Å². The van der Waals surface area contributed by atoms with E-state index in [0.29, 0.717) is 18.5 Å². The van der Waals surface area contributed by atoms with E-state index < -0.39 is 5.54 Å². The van der Waals surface area contributed by atoms with Crippen molar-refractivity contribution < 1.29 is 9.53 Å². The Morgan fingerprint density at radius 1 is 1.41 bits per heavy atom. The number of methoxy groups -OCH3 is 1. The lowest BCUT2D eigenvalue weighted by Gasteiger charge is -2.34. The van der Waals surface area contributed by atoms with Gasteiger partial charge in [0.15, 0.2) is 0 Å². The zero-order valence-corrected chi connectivity index (χ0v) is 12.3. The van der Waals surface area contributed by atoms with Crippen molar-refractivity contribution in [2.24, 2.45) is 5.92 Å². The Labute approximate surface area is 106 Å². The van der Waals surface area contributed by atoms with Gasteiger partial charge in [0, 0.05) is 12.6 Å². The SMILES string of the molecule is CNC(C)(CN(C)C(C)CC(C)C)C(=O)OC. The number of hydrogen-bond donors (Lipinski definition) is 1. The predicted octanol–water partition coefficient (Wildman–Crippen LogP) is 1.50. The van der Waals surface area contributed by atoms with Gasteiger partial charge in [0.1, 0.15) is 5.54 Å². The summed E-state index contributed by atoms with van der Waals surface area (Å²) in [5, 5.41) is 3.05. The zero-order valence-electron chi connectivity index (χ0n) is 12.3. The van der Waals surface area contributed by atoms with Crippen LogP contribution in [-0.4, -0.2) is 50.2 Å². The van der Waals surface area contributed by atoms with Crippen molar-refractivity contribution in [3.05, 3.63) is 0 Å². The Kier molecular flexibility index (Phi) is 6.72. The number of ether oxygens (including phenoxy) is 1.